The first-order valence-electron chi connectivity index (χ1n) is 10.5. The van der Waals surface area contributed by atoms with Crippen LogP contribution in [0.2, 0.25) is 0 Å². The Kier molecular flexibility index (Phi) is 6.28. The van der Waals surface area contributed by atoms with Crippen LogP contribution in [0.25, 0.3) is 10.9 Å². The lowest BCUT2D eigenvalue weighted by molar-refractivity contribution is 0.0951. The molecule has 4 aromatic rings. The van der Waals surface area contributed by atoms with Crippen molar-refractivity contribution in [3.05, 3.63) is 110 Å². The normalized spacial score (nSPS) is 10.6. The Morgan fingerprint density at radius 2 is 1.79 bits per heavy atom. The summed E-state index contributed by atoms with van der Waals surface area (Å²) < 4.78 is 7.62. The van der Waals surface area contributed by atoms with Crippen molar-refractivity contribution in [3.63, 3.8) is 0 Å². The number of aromatic nitrogens is 2. The van der Waals surface area contributed by atoms with Gasteiger partial charge >= 0.3 is 5.69 Å². The van der Waals surface area contributed by atoms with Crippen LogP contribution >= 0.6 is 0 Å². The average molecular weight is 454 g/mol. The van der Waals surface area contributed by atoms with E-state index in [9.17, 15) is 14.4 Å². The predicted molar refractivity (Wildman–Crippen MR) is 128 cm³/mol. The number of carbonyl (C=O) groups is 1. The fourth-order valence-corrected chi connectivity index (χ4v) is 3.75. The van der Waals surface area contributed by atoms with E-state index in [-0.39, 0.29) is 17.8 Å². The zero-order valence-corrected chi connectivity index (χ0v) is 18.7. The molecule has 0 atom stereocenters. The molecule has 0 aliphatic rings. The average Bonchev–Trinajstić information content (AvgIpc) is 2.88. The number of aryl methyl sites for hydroxylation is 1. The van der Waals surface area contributed by atoms with Crippen molar-refractivity contribution in [2.24, 2.45) is 7.05 Å². The summed E-state index contributed by atoms with van der Waals surface area (Å²) in [6.07, 6.45) is 0. The third kappa shape index (κ3) is 4.45. The van der Waals surface area contributed by atoms with E-state index in [1.54, 1.807) is 50.6 Å². The van der Waals surface area contributed by atoms with E-state index >= 15 is 0 Å². The van der Waals surface area contributed by atoms with E-state index in [0.717, 1.165) is 15.9 Å². The number of hydrogen-bond donors (Lipinski definition) is 1. The Balaban J connectivity index is 1.65. The molecule has 0 saturated carbocycles. The predicted octanol–water partition coefficient (Wildman–Crippen LogP) is 2.56. The van der Waals surface area contributed by atoms with E-state index in [1.165, 1.54) is 10.6 Å². The summed E-state index contributed by atoms with van der Waals surface area (Å²) in [4.78, 5) is 38.8. The first-order chi connectivity index (χ1) is 16.4. The van der Waals surface area contributed by atoms with Crippen LogP contribution in [0.15, 0.2) is 76.3 Å². The molecule has 0 aliphatic carbocycles. The standard InChI is InChI=1S/C26H22N4O4/c1-29-23-11-8-20(24(31)28-15-17-6-9-21(34-2)10-7-17)13-22(23)25(32)30(26(29)33)16-19-5-3-4-18(12-19)14-27/h3-13H,15-16H2,1-2H3,(H,28,31). The maximum absolute atomic E-state index is 13.2. The number of rotatable bonds is 6. The monoisotopic (exact) mass is 454 g/mol. The fourth-order valence-electron chi connectivity index (χ4n) is 3.75. The molecule has 0 radical (unpaired) electrons. The van der Waals surface area contributed by atoms with Gasteiger partial charge in [0.15, 0.2) is 0 Å². The molecule has 170 valence electrons. The van der Waals surface area contributed by atoms with Crippen molar-refractivity contribution in [2.45, 2.75) is 13.1 Å². The molecular weight excluding hydrogens is 432 g/mol. The summed E-state index contributed by atoms with van der Waals surface area (Å²) in [7, 11) is 3.17. The summed E-state index contributed by atoms with van der Waals surface area (Å²) >= 11 is 0. The van der Waals surface area contributed by atoms with Crippen molar-refractivity contribution in [2.75, 3.05) is 7.11 Å². The van der Waals surface area contributed by atoms with Crippen LogP contribution in [0.4, 0.5) is 0 Å². The lowest BCUT2D eigenvalue weighted by Gasteiger charge is -2.12. The quantitative estimate of drug-likeness (QED) is 0.482. The van der Waals surface area contributed by atoms with E-state index in [4.69, 9.17) is 10.00 Å². The van der Waals surface area contributed by atoms with Crippen LogP contribution in [0, 0.1) is 11.3 Å². The van der Waals surface area contributed by atoms with E-state index in [0.29, 0.717) is 28.8 Å². The van der Waals surface area contributed by atoms with Crippen LogP contribution in [0.5, 0.6) is 5.75 Å². The maximum atomic E-state index is 13.2. The number of ether oxygens (including phenoxy) is 1. The third-order valence-corrected chi connectivity index (χ3v) is 5.62. The number of benzene rings is 3. The number of methoxy groups -OCH3 is 1. The Hall–Kier alpha value is -4.64. The minimum Gasteiger partial charge on any atom is -0.497 e. The molecule has 1 aromatic heterocycles. The zero-order valence-electron chi connectivity index (χ0n) is 18.7. The van der Waals surface area contributed by atoms with E-state index in [2.05, 4.69) is 11.4 Å². The van der Waals surface area contributed by atoms with Crippen LogP contribution in [-0.4, -0.2) is 22.2 Å². The second-order valence-electron chi connectivity index (χ2n) is 7.81. The van der Waals surface area contributed by atoms with Gasteiger partial charge in [-0.2, -0.15) is 5.26 Å². The molecule has 0 unspecified atom stereocenters. The topological polar surface area (TPSA) is 106 Å². The van der Waals surface area contributed by atoms with Crippen molar-refractivity contribution >= 4 is 16.8 Å². The fraction of sp³-hybridized carbons (Fsp3) is 0.154. The molecule has 8 heteroatoms. The van der Waals surface area contributed by atoms with Gasteiger partial charge in [0.05, 0.1) is 36.2 Å². The number of nitrogens with one attached hydrogen (secondary N) is 1. The van der Waals surface area contributed by atoms with Crippen molar-refractivity contribution < 1.29 is 9.53 Å². The highest BCUT2D eigenvalue weighted by Gasteiger charge is 2.14. The van der Waals surface area contributed by atoms with Gasteiger partial charge in [0.1, 0.15) is 5.75 Å². The van der Waals surface area contributed by atoms with Crippen molar-refractivity contribution in [3.8, 4) is 11.8 Å². The number of nitrogens with zero attached hydrogens (tertiary/aromatic N) is 3. The molecule has 8 nitrogen and oxygen atoms in total. The van der Waals surface area contributed by atoms with E-state index < -0.39 is 11.2 Å². The minimum atomic E-state index is -0.495. The maximum Gasteiger partial charge on any atom is 0.331 e. The number of hydrogen-bond acceptors (Lipinski definition) is 5. The second-order valence-corrected chi connectivity index (χ2v) is 7.81. The molecule has 4 rings (SSSR count). The highest BCUT2D eigenvalue weighted by Crippen LogP contribution is 2.14. The van der Waals surface area contributed by atoms with Gasteiger partial charge < -0.3 is 10.1 Å². The van der Waals surface area contributed by atoms with Crippen LogP contribution < -0.4 is 21.3 Å². The van der Waals surface area contributed by atoms with Gasteiger partial charge in [-0.15, -0.1) is 0 Å². The van der Waals surface area contributed by atoms with Gasteiger partial charge in [0.2, 0.25) is 0 Å². The summed E-state index contributed by atoms with van der Waals surface area (Å²) in [5.74, 6) is 0.394. The molecular formula is C26H22N4O4. The number of nitriles is 1. The van der Waals surface area contributed by atoms with E-state index in [1.807, 2.05) is 24.3 Å². The minimum absolute atomic E-state index is 0.0187. The molecule has 0 bridgehead atoms. The van der Waals surface area contributed by atoms with Gasteiger partial charge in [-0.1, -0.05) is 24.3 Å². The molecule has 0 spiro atoms. The number of amides is 1. The number of carbonyl (C=O) groups excluding carboxylic acids is 1. The lowest BCUT2D eigenvalue weighted by atomic mass is 10.1. The zero-order chi connectivity index (χ0) is 24.2. The second kappa shape index (κ2) is 9.46. The third-order valence-electron chi connectivity index (χ3n) is 5.62. The Bertz CT molecular complexity index is 1540. The summed E-state index contributed by atoms with van der Waals surface area (Å²) in [5, 5.41) is 12.2. The van der Waals surface area contributed by atoms with Gasteiger partial charge in [0.25, 0.3) is 11.5 Å². The summed E-state index contributed by atoms with van der Waals surface area (Å²) in [6, 6.07) is 20.8. The van der Waals surface area contributed by atoms with Gasteiger partial charge in [-0.25, -0.2) is 4.79 Å². The van der Waals surface area contributed by atoms with Crippen molar-refractivity contribution in [1.82, 2.24) is 14.5 Å². The molecule has 0 aliphatic heterocycles. The van der Waals surface area contributed by atoms with Crippen LogP contribution in [0.1, 0.15) is 27.0 Å². The Labute approximate surface area is 195 Å². The molecule has 34 heavy (non-hydrogen) atoms. The molecule has 1 N–H and O–H groups in total. The van der Waals surface area contributed by atoms with Gasteiger partial charge in [-0.05, 0) is 53.6 Å². The highest BCUT2D eigenvalue weighted by atomic mass is 16.5. The molecule has 1 amide bonds. The Morgan fingerprint density at radius 1 is 1.03 bits per heavy atom. The molecule has 0 fully saturated rings. The molecule has 3 aromatic carbocycles. The van der Waals surface area contributed by atoms with Gasteiger partial charge in [-0.3, -0.25) is 18.7 Å². The lowest BCUT2D eigenvalue weighted by Crippen LogP contribution is -2.39. The first kappa shape index (κ1) is 22.6. The Morgan fingerprint density at radius 3 is 2.50 bits per heavy atom. The molecule has 1 heterocycles. The highest BCUT2D eigenvalue weighted by molar-refractivity contribution is 5.97. The summed E-state index contributed by atoms with van der Waals surface area (Å²) in [5.41, 5.74) is 1.78. The first-order valence-corrected chi connectivity index (χ1v) is 10.5. The van der Waals surface area contributed by atoms with Crippen LogP contribution in [0.3, 0.4) is 0 Å². The smallest absolute Gasteiger partial charge is 0.331 e. The SMILES string of the molecule is COc1ccc(CNC(=O)c2ccc3c(c2)c(=O)n(Cc2cccc(C#N)c2)c(=O)n3C)cc1. The molecule has 0 saturated heterocycles. The summed E-state index contributed by atoms with van der Waals surface area (Å²) in [6.45, 7) is 0.332. The largest absolute Gasteiger partial charge is 0.497 e. The number of fused-ring (bicyclic) bond motifs is 1. The van der Waals surface area contributed by atoms with Crippen molar-refractivity contribution in [1.29, 1.82) is 5.26 Å². The van der Waals surface area contributed by atoms with Gasteiger partial charge in [0, 0.05) is 19.2 Å². The van der Waals surface area contributed by atoms with Crippen LogP contribution in [-0.2, 0) is 20.1 Å².